The first kappa shape index (κ1) is 15.0. The van der Waals surface area contributed by atoms with Gasteiger partial charge in [-0.15, -0.1) is 6.58 Å². The first-order valence-electron chi connectivity index (χ1n) is 6.29. The average molecular weight is 227 g/mol. The van der Waals surface area contributed by atoms with Gasteiger partial charge in [0, 0.05) is 6.54 Å². The van der Waals surface area contributed by atoms with Gasteiger partial charge in [0.15, 0.2) is 0 Å². The summed E-state index contributed by atoms with van der Waals surface area (Å²) in [7, 11) is 0. The maximum atomic E-state index is 11.4. The third kappa shape index (κ3) is 8.33. The van der Waals surface area contributed by atoms with Gasteiger partial charge in [0.1, 0.15) is 6.10 Å². The van der Waals surface area contributed by atoms with Gasteiger partial charge in [0.25, 0.3) is 0 Å². The van der Waals surface area contributed by atoms with Gasteiger partial charge in [-0.1, -0.05) is 32.8 Å². The summed E-state index contributed by atoms with van der Waals surface area (Å²) in [6.45, 7) is 8.53. The molecule has 0 aromatic heterocycles. The van der Waals surface area contributed by atoms with Crippen LogP contribution in [0.1, 0.15) is 52.4 Å². The van der Waals surface area contributed by atoms with E-state index in [1.165, 1.54) is 0 Å². The summed E-state index contributed by atoms with van der Waals surface area (Å²) in [6.07, 6.45) is 7.51. The van der Waals surface area contributed by atoms with E-state index in [0.29, 0.717) is 6.54 Å². The zero-order valence-electron chi connectivity index (χ0n) is 10.6. The fourth-order valence-corrected chi connectivity index (χ4v) is 1.42. The Morgan fingerprint density at radius 3 is 2.69 bits per heavy atom. The van der Waals surface area contributed by atoms with Crippen molar-refractivity contribution >= 4 is 6.09 Å². The molecule has 1 atom stereocenters. The Balaban J connectivity index is 3.87. The highest BCUT2D eigenvalue weighted by atomic mass is 16.6. The maximum Gasteiger partial charge on any atom is 0.407 e. The molecule has 3 nitrogen and oxygen atoms in total. The lowest BCUT2D eigenvalue weighted by Crippen LogP contribution is -2.29. The highest BCUT2D eigenvalue weighted by Gasteiger charge is 2.12. The second kappa shape index (κ2) is 10.5. The number of carbonyl (C=O) groups is 1. The van der Waals surface area contributed by atoms with Crippen molar-refractivity contribution in [3.05, 3.63) is 12.7 Å². The minimum atomic E-state index is -0.285. The molecule has 0 spiro atoms. The topological polar surface area (TPSA) is 38.3 Å². The second-order valence-electron chi connectivity index (χ2n) is 3.96. The lowest BCUT2D eigenvalue weighted by atomic mass is 10.1. The molecule has 0 fully saturated rings. The molecular weight excluding hydrogens is 202 g/mol. The third-order valence-electron chi connectivity index (χ3n) is 2.37. The predicted molar refractivity (Wildman–Crippen MR) is 67.5 cm³/mol. The number of rotatable bonds is 9. The summed E-state index contributed by atoms with van der Waals surface area (Å²) >= 11 is 0. The number of allylic oxidation sites excluding steroid dienone is 1. The fourth-order valence-electron chi connectivity index (χ4n) is 1.42. The van der Waals surface area contributed by atoms with Crippen LogP contribution in [0, 0.1) is 0 Å². The van der Waals surface area contributed by atoms with E-state index in [1.54, 1.807) is 0 Å². The fraction of sp³-hybridized carbons (Fsp3) is 0.769. The first-order valence-corrected chi connectivity index (χ1v) is 6.29. The molecule has 0 aromatic rings. The number of carbonyl (C=O) groups excluding carboxylic acids is 1. The largest absolute Gasteiger partial charge is 0.446 e. The molecule has 0 aliphatic heterocycles. The van der Waals surface area contributed by atoms with Gasteiger partial charge >= 0.3 is 6.09 Å². The number of nitrogens with one attached hydrogen (secondary N) is 1. The van der Waals surface area contributed by atoms with E-state index in [0.717, 1.165) is 38.5 Å². The Kier molecular flexibility index (Phi) is 9.87. The Bertz CT molecular complexity index is 192. The Labute approximate surface area is 99.3 Å². The molecule has 0 heterocycles. The van der Waals surface area contributed by atoms with Gasteiger partial charge in [-0.25, -0.2) is 4.79 Å². The van der Waals surface area contributed by atoms with Gasteiger partial charge in [-0.05, 0) is 25.7 Å². The molecule has 0 saturated heterocycles. The number of ether oxygens (including phenoxy) is 1. The van der Waals surface area contributed by atoms with Gasteiger partial charge in [-0.3, -0.25) is 0 Å². The van der Waals surface area contributed by atoms with Gasteiger partial charge < -0.3 is 10.1 Å². The van der Waals surface area contributed by atoms with Crippen molar-refractivity contribution in [2.24, 2.45) is 0 Å². The smallest absolute Gasteiger partial charge is 0.407 e. The molecule has 0 bridgehead atoms. The molecule has 0 aliphatic carbocycles. The highest BCUT2D eigenvalue weighted by Crippen LogP contribution is 2.11. The van der Waals surface area contributed by atoms with Crippen molar-refractivity contribution < 1.29 is 9.53 Å². The van der Waals surface area contributed by atoms with Crippen molar-refractivity contribution in [1.82, 2.24) is 5.32 Å². The molecule has 0 saturated carbocycles. The van der Waals surface area contributed by atoms with E-state index < -0.39 is 0 Å². The van der Waals surface area contributed by atoms with E-state index in [1.807, 2.05) is 13.0 Å². The zero-order chi connectivity index (χ0) is 12.2. The van der Waals surface area contributed by atoms with Gasteiger partial charge in [0.05, 0.1) is 0 Å². The van der Waals surface area contributed by atoms with Crippen LogP contribution >= 0.6 is 0 Å². The second-order valence-corrected chi connectivity index (χ2v) is 3.96. The maximum absolute atomic E-state index is 11.4. The standard InChI is InChI=1S/C13H25NO2/c1-4-7-9-12(10-8-5-2)16-13(15)14-11-6-3/h4,12H,1,5-11H2,2-3H3,(H,14,15). The van der Waals surface area contributed by atoms with Gasteiger partial charge in [0.2, 0.25) is 0 Å². The average Bonchev–Trinajstić information content (AvgIpc) is 2.30. The lowest BCUT2D eigenvalue weighted by molar-refractivity contribution is 0.0868. The number of alkyl carbamates (subject to hydrolysis) is 1. The van der Waals surface area contributed by atoms with Crippen LogP contribution in [0.3, 0.4) is 0 Å². The van der Waals surface area contributed by atoms with Crippen molar-refractivity contribution in [2.75, 3.05) is 6.54 Å². The van der Waals surface area contributed by atoms with Crippen molar-refractivity contribution in [3.8, 4) is 0 Å². The van der Waals surface area contributed by atoms with E-state index in [2.05, 4.69) is 18.8 Å². The number of amides is 1. The normalized spacial score (nSPS) is 11.9. The van der Waals surface area contributed by atoms with Crippen LogP contribution in [0.2, 0.25) is 0 Å². The minimum Gasteiger partial charge on any atom is -0.446 e. The van der Waals surface area contributed by atoms with Crippen molar-refractivity contribution in [3.63, 3.8) is 0 Å². The molecule has 16 heavy (non-hydrogen) atoms. The minimum absolute atomic E-state index is 0.0369. The first-order chi connectivity index (χ1) is 7.74. The van der Waals surface area contributed by atoms with Crippen molar-refractivity contribution in [2.45, 2.75) is 58.5 Å². The number of unbranched alkanes of at least 4 members (excludes halogenated alkanes) is 1. The Morgan fingerprint density at radius 1 is 1.38 bits per heavy atom. The van der Waals surface area contributed by atoms with Crippen LogP contribution in [0.5, 0.6) is 0 Å². The van der Waals surface area contributed by atoms with Crippen molar-refractivity contribution in [1.29, 1.82) is 0 Å². The molecule has 94 valence electrons. The lowest BCUT2D eigenvalue weighted by Gasteiger charge is -2.17. The molecule has 1 amide bonds. The van der Waals surface area contributed by atoms with Crippen LogP contribution in [-0.4, -0.2) is 18.7 Å². The molecule has 0 radical (unpaired) electrons. The molecule has 3 heteroatoms. The quantitative estimate of drug-likeness (QED) is 0.611. The summed E-state index contributed by atoms with van der Waals surface area (Å²) in [5.41, 5.74) is 0. The summed E-state index contributed by atoms with van der Waals surface area (Å²) in [5, 5.41) is 2.73. The summed E-state index contributed by atoms with van der Waals surface area (Å²) in [4.78, 5) is 11.4. The van der Waals surface area contributed by atoms with E-state index >= 15 is 0 Å². The molecular formula is C13H25NO2. The van der Waals surface area contributed by atoms with E-state index in [-0.39, 0.29) is 12.2 Å². The van der Waals surface area contributed by atoms with Crippen LogP contribution in [0.25, 0.3) is 0 Å². The molecule has 0 rings (SSSR count). The van der Waals surface area contributed by atoms with Crippen LogP contribution in [0.15, 0.2) is 12.7 Å². The predicted octanol–water partition coefficient (Wildman–Crippen LogP) is 3.65. The molecule has 0 aromatic carbocycles. The monoisotopic (exact) mass is 227 g/mol. The summed E-state index contributed by atoms with van der Waals surface area (Å²) in [5.74, 6) is 0. The van der Waals surface area contributed by atoms with Crippen LogP contribution < -0.4 is 5.32 Å². The molecule has 1 N–H and O–H groups in total. The number of hydrogen-bond donors (Lipinski definition) is 1. The molecule has 0 aliphatic rings. The third-order valence-corrected chi connectivity index (χ3v) is 2.37. The summed E-state index contributed by atoms with van der Waals surface area (Å²) < 4.78 is 5.36. The SMILES string of the molecule is C=CCCC(CCCC)OC(=O)NCCC. The Morgan fingerprint density at radius 2 is 2.12 bits per heavy atom. The summed E-state index contributed by atoms with van der Waals surface area (Å²) in [6, 6.07) is 0. The highest BCUT2D eigenvalue weighted by molar-refractivity contribution is 5.67. The Hall–Kier alpha value is -0.990. The van der Waals surface area contributed by atoms with Crippen LogP contribution in [-0.2, 0) is 4.74 Å². The van der Waals surface area contributed by atoms with Gasteiger partial charge in [-0.2, -0.15) is 0 Å². The van der Waals surface area contributed by atoms with E-state index in [4.69, 9.17) is 4.74 Å². The van der Waals surface area contributed by atoms with Crippen LogP contribution in [0.4, 0.5) is 4.79 Å². The van der Waals surface area contributed by atoms with E-state index in [9.17, 15) is 4.79 Å². The number of hydrogen-bond acceptors (Lipinski definition) is 2. The molecule has 1 unspecified atom stereocenters. The zero-order valence-corrected chi connectivity index (χ0v) is 10.6.